The molecule has 0 amide bonds. The van der Waals surface area contributed by atoms with Gasteiger partial charge >= 0.3 is 6.18 Å². The van der Waals surface area contributed by atoms with E-state index in [1.54, 1.807) is 0 Å². The minimum absolute atomic E-state index is 0.123. The maximum atomic E-state index is 13.1. The Balaban J connectivity index is 2.47. The molecular weight excluding hydrogens is 250 g/mol. The molecule has 0 aliphatic heterocycles. The number of hydrogen-bond acceptors (Lipinski definition) is 2. The molecule has 0 aliphatic rings. The first-order valence-electron chi connectivity index (χ1n) is 5.20. The fourth-order valence-electron chi connectivity index (χ4n) is 1.46. The number of alkyl halides is 3. The van der Waals surface area contributed by atoms with Crippen LogP contribution in [0.15, 0.2) is 18.2 Å². The van der Waals surface area contributed by atoms with Crippen LogP contribution in [0.1, 0.15) is 18.3 Å². The van der Waals surface area contributed by atoms with Gasteiger partial charge in [-0.1, -0.05) is 6.92 Å². The summed E-state index contributed by atoms with van der Waals surface area (Å²) in [5.74, 6) is -0.627. The van der Waals surface area contributed by atoms with Crippen LogP contribution in [0.4, 0.5) is 17.6 Å². The molecule has 1 aromatic heterocycles. The summed E-state index contributed by atoms with van der Waals surface area (Å²) < 4.78 is 50.7. The number of aromatic amines is 1. The lowest BCUT2D eigenvalue weighted by molar-refractivity contribution is -0.139. The Morgan fingerprint density at radius 3 is 2.56 bits per heavy atom. The molecule has 0 saturated carbocycles. The van der Waals surface area contributed by atoms with Gasteiger partial charge < -0.3 is 0 Å². The molecular formula is C11H9F4N3. The van der Waals surface area contributed by atoms with Gasteiger partial charge in [0.25, 0.3) is 0 Å². The SMILES string of the molecule is CCc1nc(-c2ccc(F)c(C(F)(F)F)c2)n[nH]1. The second-order valence-corrected chi connectivity index (χ2v) is 3.65. The van der Waals surface area contributed by atoms with Crippen molar-refractivity contribution in [2.75, 3.05) is 0 Å². The minimum Gasteiger partial charge on any atom is -0.263 e. The maximum absolute atomic E-state index is 13.1. The van der Waals surface area contributed by atoms with Crippen molar-refractivity contribution in [2.24, 2.45) is 0 Å². The largest absolute Gasteiger partial charge is 0.419 e. The monoisotopic (exact) mass is 259 g/mol. The summed E-state index contributed by atoms with van der Waals surface area (Å²) >= 11 is 0. The number of hydrogen-bond donors (Lipinski definition) is 1. The van der Waals surface area contributed by atoms with Crippen molar-refractivity contribution in [3.63, 3.8) is 0 Å². The molecule has 0 radical (unpaired) electrons. The van der Waals surface area contributed by atoms with Crippen molar-refractivity contribution in [1.82, 2.24) is 15.2 Å². The van der Waals surface area contributed by atoms with Crippen LogP contribution < -0.4 is 0 Å². The molecule has 0 spiro atoms. The number of aromatic nitrogens is 3. The Labute approximate surface area is 99.9 Å². The third-order valence-corrected chi connectivity index (χ3v) is 2.40. The number of rotatable bonds is 2. The maximum Gasteiger partial charge on any atom is 0.419 e. The minimum atomic E-state index is -4.73. The Kier molecular flexibility index (Phi) is 3.06. The van der Waals surface area contributed by atoms with Crippen LogP contribution >= 0.6 is 0 Å². The number of halogens is 4. The van der Waals surface area contributed by atoms with Gasteiger partial charge in [0.15, 0.2) is 5.82 Å². The highest BCUT2D eigenvalue weighted by Crippen LogP contribution is 2.33. The highest BCUT2D eigenvalue weighted by atomic mass is 19.4. The number of nitrogens with one attached hydrogen (secondary N) is 1. The highest BCUT2D eigenvalue weighted by Gasteiger charge is 2.34. The van der Waals surface area contributed by atoms with Crippen molar-refractivity contribution >= 4 is 0 Å². The number of benzene rings is 1. The van der Waals surface area contributed by atoms with Crippen molar-refractivity contribution < 1.29 is 17.6 Å². The first kappa shape index (κ1) is 12.5. The second-order valence-electron chi connectivity index (χ2n) is 3.65. The molecule has 18 heavy (non-hydrogen) atoms. The first-order valence-corrected chi connectivity index (χ1v) is 5.20. The van der Waals surface area contributed by atoms with E-state index in [0.29, 0.717) is 18.3 Å². The molecule has 0 bridgehead atoms. The summed E-state index contributed by atoms with van der Waals surface area (Å²) in [6.45, 7) is 1.83. The Hall–Kier alpha value is -1.92. The van der Waals surface area contributed by atoms with Crippen LogP contribution in [-0.4, -0.2) is 15.2 Å². The molecule has 1 aromatic carbocycles. The quantitative estimate of drug-likeness (QED) is 0.841. The van der Waals surface area contributed by atoms with Gasteiger partial charge in [-0.15, -0.1) is 0 Å². The fraction of sp³-hybridized carbons (Fsp3) is 0.273. The Morgan fingerprint density at radius 1 is 1.28 bits per heavy atom. The molecule has 2 aromatic rings. The molecule has 96 valence electrons. The molecule has 0 saturated heterocycles. The van der Waals surface area contributed by atoms with E-state index in [0.717, 1.165) is 6.07 Å². The summed E-state index contributed by atoms with van der Waals surface area (Å²) in [5, 5.41) is 6.37. The van der Waals surface area contributed by atoms with Crippen LogP contribution in [0.3, 0.4) is 0 Å². The molecule has 1 heterocycles. The number of aryl methyl sites for hydroxylation is 1. The Bertz CT molecular complexity index is 560. The van der Waals surface area contributed by atoms with Crippen molar-refractivity contribution in [3.05, 3.63) is 35.4 Å². The molecule has 0 unspecified atom stereocenters. The standard InChI is InChI=1S/C11H9F4N3/c1-2-9-16-10(18-17-9)6-3-4-8(12)7(5-6)11(13,14)15/h3-5H,2H2,1H3,(H,16,17,18). The lowest BCUT2D eigenvalue weighted by atomic mass is 10.1. The van der Waals surface area contributed by atoms with Gasteiger partial charge in [0.1, 0.15) is 11.6 Å². The van der Waals surface area contributed by atoms with Gasteiger partial charge in [-0.3, -0.25) is 5.10 Å². The predicted octanol–water partition coefficient (Wildman–Crippen LogP) is 3.19. The average molecular weight is 259 g/mol. The predicted molar refractivity (Wildman–Crippen MR) is 56.2 cm³/mol. The smallest absolute Gasteiger partial charge is 0.263 e. The van der Waals surface area contributed by atoms with E-state index in [1.165, 1.54) is 6.07 Å². The van der Waals surface area contributed by atoms with Gasteiger partial charge in [-0.2, -0.15) is 18.3 Å². The number of nitrogens with zero attached hydrogens (tertiary/aromatic N) is 2. The third-order valence-electron chi connectivity index (χ3n) is 2.40. The summed E-state index contributed by atoms with van der Waals surface area (Å²) in [4.78, 5) is 4.00. The van der Waals surface area contributed by atoms with Crippen molar-refractivity contribution in [3.8, 4) is 11.4 Å². The van der Waals surface area contributed by atoms with Crippen LogP contribution in [-0.2, 0) is 12.6 Å². The summed E-state index contributed by atoms with van der Waals surface area (Å²) in [6, 6.07) is 2.69. The van der Waals surface area contributed by atoms with Gasteiger partial charge in [-0.05, 0) is 18.2 Å². The Morgan fingerprint density at radius 2 is 2.00 bits per heavy atom. The van der Waals surface area contributed by atoms with Crippen LogP contribution in [0.25, 0.3) is 11.4 Å². The van der Waals surface area contributed by atoms with E-state index >= 15 is 0 Å². The van der Waals surface area contributed by atoms with Gasteiger partial charge in [0.05, 0.1) is 5.56 Å². The lowest BCUT2D eigenvalue weighted by Crippen LogP contribution is -2.08. The topological polar surface area (TPSA) is 41.6 Å². The van der Waals surface area contributed by atoms with Crippen LogP contribution in [0, 0.1) is 5.82 Å². The normalized spacial score (nSPS) is 11.8. The lowest BCUT2D eigenvalue weighted by Gasteiger charge is -2.08. The van der Waals surface area contributed by atoms with E-state index in [9.17, 15) is 17.6 Å². The van der Waals surface area contributed by atoms with Gasteiger partial charge in [-0.25, -0.2) is 9.37 Å². The van der Waals surface area contributed by atoms with Crippen LogP contribution in [0.5, 0.6) is 0 Å². The zero-order valence-electron chi connectivity index (χ0n) is 9.35. The van der Waals surface area contributed by atoms with Crippen LogP contribution in [0.2, 0.25) is 0 Å². The molecule has 2 rings (SSSR count). The van der Waals surface area contributed by atoms with Crippen molar-refractivity contribution in [2.45, 2.75) is 19.5 Å². The first-order chi connectivity index (χ1) is 8.41. The van der Waals surface area contributed by atoms with Crippen molar-refractivity contribution in [1.29, 1.82) is 0 Å². The van der Waals surface area contributed by atoms with Gasteiger partial charge in [0, 0.05) is 12.0 Å². The van der Waals surface area contributed by atoms with E-state index in [4.69, 9.17) is 0 Å². The van der Waals surface area contributed by atoms with Gasteiger partial charge in [0.2, 0.25) is 0 Å². The highest BCUT2D eigenvalue weighted by molar-refractivity contribution is 5.56. The molecule has 3 nitrogen and oxygen atoms in total. The summed E-state index contributed by atoms with van der Waals surface area (Å²) in [6.07, 6.45) is -4.15. The molecule has 0 fully saturated rings. The average Bonchev–Trinajstić information content (AvgIpc) is 2.76. The molecule has 0 atom stereocenters. The van der Waals surface area contributed by atoms with E-state index < -0.39 is 17.6 Å². The molecule has 0 aliphatic carbocycles. The van der Waals surface area contributed by atoms with E-state index in [-0.39, 0.29) is 11.4 Å². The van der Waals surface area contributed by atoms with E-state index in [2.05, 4.69) is 15.2 Å². The number of H-pyrrole nitrogens is 1. The summed E-state index contributed by atoms with van der Waals surface area (Å²) in [7, 11) is 0. The molecule has 7 heteroatoms. The second kappa shape index (κ2) is 4.40. The fourth-order valence-corrected chi connectivity index (χ4v) is 1.46. The zero-order chi connectivity index (χ0) is 13.3. The third kappa shape index (κ3) is 2.34. The van der Waals surface area contributed by atoms with E-state index in [1.807, 2.05) is 6.92 Å². The summed E-state index contributed by atoms with van der Waals surface area (Å²) in [5.41, 5.74) is -1.19. The molecule has 1 N–H and O–H groups in total. The zero-order valence-corrected chi connectivity index (χ0v) is 9.35.